The average molecular weight is 357 g/mol. The number of rotatable bonds is 7. The van der Waals surface area contributed by atoms with Gasteiger partial charge in [-0.25, -0.2) is 9.18 Å². The molecule has 1 aliphatic carbocycles. The standard InChI is InChI=1S/C20H20FNO4/c1-25-17-7-4-6-14(11-17)20(24)26-13-19(23)22(16-9-10-16)12-15-5-2-3-8-18(15)21/h2-8,11,16H,9-10,12-13H2,1H3. The van der Waals surface area contributed by atoms with Crippen LogP contribution in [0.3, 0.4) is 0 Å². The van der Waals surface area contributed by atoms with Gasteiger partial charge in [0.1, 0.15) is 11.6 Å². The highest BCUT2D eigenvalue weighted by Crippen LogP contribution is 2.29. The van der Waals surface area contributed by atoms with Crippen molar-refractivity contribution < 1.29 is 23.5 Å². The normalized spacial score (nSPS) is 13.2. The first kappa shape index (κ1) is 17.9. The minimum absolute atomic E-state index is 0.0811. The van der Waals surface area contributed by atoms with Gasteiger partial charge in [-0.05, 0) is 37.1 Å². The van der Waals surface area contributed by atoms with E-state index in [0.29, 0.717) is 16.9 Å². The van der Waals surface area contributed by atoms with Crippen LogP contribution in [0.4, 0.5) is 4.39 Å². The van der Waals surface area contributed by atoms with Crippen LogP contribution in [-0.4, -0.2) is 36.5 Å². The fourth-order valence-corrected chi connectivity index (χ4v) is 2.66. The second kappa shape index (κ2) is 7.99. The Hall–Kier alpha value is -2.89. The van der Waals surface area contributed by atoms with E-state index in [0.717, 1.165) is 12.8 Å². The third-order valence-electron chi connectivity index (χ3n) is 4.24. The maximum absolute atomic E-state index is 13.9. The summed E-state index contributed by atoms with van der Waals surface area (Å²) in [5.41, 5.74) is 0.760. The number of hydrogen-bond acceptors (Lipinski definition) is 4. The van der Waals surface area contributed by atoms with Crippen molar-refractivity contribution in [3.8, 4) is 5.75 Å². The summed E-state index contributed by atoms with van der Waals surface area (Å²) in [7, 11) is 1.50. The zero-order valence-electron chi connectivity index (χ0n) is 14.5. The molecular weight excluding hydrogens is 337 g/mol. The van der Waals surface area contributed by atoms with E-state index in [1.807, 2.05) is 0 Å². The maximum Gasteiger partial charge on any atom is 0.338 e. The van der Waals surface area contributed by atoms with Crippen molar-refractivity contribution in [2.24, 2.45) is 0 Å². The smallest absolute Gasteiger partial charge is 0.338 e. The van der Waals surface area contributed by atoms with Gasteiger partial charge in [0.25, 0.3) is 5.91 Å². The van der Waals surface area contributed by atoms with Gasteiger partial charge in [0.05, 0.1) is 12.7 Å². The van der Waals surface area contributed by atoms with Gasteiger partial charge in [-0.2, -0.15) is 0 Å². The minimum atomic E-state index is -0.598. The Kier molecular flexibility index (Phi) is 5.51. The fourth-order valence-electron chi connectivity index (χ4n) is 2.66. The predicted octanol–water partition coefficient (Wildman–Crippen LogP) is 3.18. The first-order valence-corrected chi connectivity index (χ1v) is 8.42. The molecule has 0 unspecified atom stereocenters. The van der Waals surface area contributed by atoms with E-state index in [-0.39, 0.29) is 30.9 Å². The van der Waals surface area contributed by atoms with Gasteiger partial charge < -0.3 is 14.4 Å². The number of esters is 1. The number of hydrogen-bond donors (Lipinski definition) is 0. The summed E-state index contributed by atoms with van der Waals surface area (Å²) in [6.45, 7) is -0.201. The number of benzene rings is 2. The van der Waals surface area contributed by atoms with Crippen LogP contribution >= 0.6 is 0 Å². The molecule has 1 aliphatic rings. The van der Waals surface area contributed by atoms with Crippen LogP contribution in [-0.2, 0) is 16.1 Å². The molecule has 6 heteroatoms. The SMILES string of the molecule is COc1cccc(C(=O)OCC(=O)N(Cc2ccccc2F)C2CC2)c1. The van der Waals surface area contributed by atoms with Crippen LogP contribution in [0.2, 0.25) is 0 Å². The highest BCUT2D eigenvalue weighted by Gasteiger charge is 2.33. The topological polar surface area (TPSA) is 55.8 Å². The van der Waals surface area contributed by atoms with E-state index in [1.54, 1.807) is 47.4 Å². The molecule has 0 saturated heterocycles. The summed E-state index contributed by atoms with van der Waals surface area (Å²) < 4.78 is 24.1. The summed E-state index contributed by atoms with van der Waals surface area (Å²) >= 11 is 0. The molecule has 0 aliphatic heterocycles. The number of carbonyl (C=O) groups excluding carboxylic acids is 2. The molecule has 26 heavy (non-hydrogen) atoms. The molecule has 0 bridgehead atoms. The Morgan fingerprint density at radius 2 is 1.92 bits per heavy atom. The second-order valence-corrected chi connectivity index (χ2v) is 6.15. The predicted molar refractivity (Wildman–Crippen MR) is 93.2 cm³/mol. The van der Waals surface area contributed by atoms with Crippen LogP contribution in [0.5, 0.6) is 5.75 Å². The Morgan fingerprint density at radius 3 is 2.62 bits per heavy atom. The summed E-state index contributed by atoms with van der Waals surface area (Å²) in [5.74, 6) is -0.741. The van der Waals surface area contributed by atoms with Crippen LogP contribution < -0.4 is 4.74 Å². The van der Waals surface area contributed by atoms with Crippen molar-refractivity contribution in [2.75, 3.05) is 13.7 Å². The molecule has 2 aromatic rings. The van der Waals surface area contributed by atoms with E-state index < -0.39 is 5.97 Å². The zero-order chi connectivity index (χ0) is 18.5. The fraction of sp³-hybridized carbons (Fsp3) is 0.300. The quantitative estimate of drug-likeness (QED) is 0.714. The number of halogens is 1. The monoisotopic (exact) mass is 357 g/mol. The van der Waals surface area contributed by atoms with Gasteiger partial charge in [0.2, 0.25) is 0 Å². The third-order valence-corrected chi connectivity index (χ3v) is 4.24. The highest BCUT2D eigenvalue weighted by molar-refractivity contribution is 5.91. The van der Waals surface area contributed by atoms with E-state index >= 15 is 0 Å². The van der Waals surface area contributed by atoms with E-state index in [1.165, 1.54) is 13.2 Å². The molecule has 5 nitrogen and oxygen atoms in total. The Balaban J connectivity index is 1.61. The van der Waals surface area contributed by atoms with Crippen molar-refractivity contribution in [2.45, 2.75) is 25.4 Å². The van der Waals surface area contributed by atoms with Crippen LogP contribution in [0.25, 0.3) is 0 Å². The molecule has 1 saturated carbocycles. The lowest BCUT2D eigenvalue weighted by Crippen LogP contribution is -2.36. The Morgan fingerprint density at radius 1 is 1.15 bits per heavy atom. The van der Waals surface area contributed by atoms with Gasteiger partial charge >= 0.3 is 5.97 Å². The lowest BCUT2D eigenvalue weighted by Gasteiger charge is -2.22. The summed E-state index contributed by atoms with van der Waals surface area (Å²) in [6, 6.07) is 13.0. The minimum Gasteiger partial charge on any atom is -0.497 e. The number of methoxy groups -OCH3 is 1. The van der Waals surface area contributed by atoms with Crippen molar-refractivity contribution in [3.05, 3.63) is 65.5 Å². The van der Waals surface area contributed by atoms with E-state index in [4.69, 9.17) is 9.47 Å². The first-order chi connectivity index (χ1) is 12.6. The molecule has 2 aromatic carbocycles. The number of amides is 1. The maximum atomic E-state index is 13.9. The lowest BCUT2D eigenvalue weighted by atomic mass is 10.2. The van der Waals surface area contributed by atoms with Gasteiger partial charge in [0.15, 0.2) is 6.61 Å². The second-order valence-electron chi connectivity index (χ2n) is 6.15. The van der Waals surface area contributed by atoms with Crippen LogP contribution in [0.1, 0.15) is 28.8 Å². The van der Waals surface area contributed by atoms with Gasteiger partial charge in [-0.15, -0.1) is 0 Å². The molecule has 0 atom stereocenters. The highest BCUT2D eigenvalue weighted by atomic mass is 19.1. The first-order valence-electron chi connectivity index (χ1n) is 8.42. The average Bonchev–Trinajstić information content (AvgIpc) is 3.50. The summed E-state index contributed by atoms with van der Waals surface area (Å²) in [4.78, 5) is 26.2. The van der Waals surface area contributed by atoms with E-state index in [9.17, 15) is 14.0 Å². The molecule has 136 valence electrons. The Bertz CT molecular complexity index is 804. The zero-order valence-corrected chi connectivity index (χ0v) is 14.5. The molecule has 0 heterocycles. The number of carbonyl (C=O) groups is 2. The van der Waals surface area contributed by atoms with Gasteiger partial charge in [-0.3, -0.25) is 4.79 Å². The molecular formula is C20H20FNO4. The molecule has 1 fully saturated rings. The summed E-state index contributed by atoms with van der Waals surface area (Å²) in [6.07, 6.45) is 1.76. The Labute approximate surface area is 151 Å². The molecule has 3 rings (SSSR count). The van der Waals surface area contributed by atoms with Crippen molar-refractivity contribution in [1.82, 2.24) is 4.90 Å². The van der Waals surface area contributed by atoms with Crippen LogP contribution in [0.15, 0.2) is 48.5 Å². The van der Waals surface area contributed by atoms with Gasteiger partial charge in [0, 0.05) is 18.2 Å². The van der Waals surface area contributed by atoms with Crippen molar-refractivity contribution in [3.63, 3.8) is 0 Å². The largest absolute Gasteiger partial charge is 0.497 e. The number of ether oxygens (including phenoxy) is 2. The van der Waals surface area contributed by atoms with Crippen molar-refractivity contribution in [1.29, 1.82) is 0 Å². The van der Waals surface area contributed by atoms with Crippen molar-refractivity contribution >= 4 is 11.9 Å². The molecule has 0 spiro atoms. The third kappa shape index (κ3) is 4.39. The number of nitrogens with zero attached hydrogens (tertiary/aromatic N) is 1. The molecule has 0 radical (unpaired) electrons. The summed E-state index contributed by atoms with van der Waals surface area (Å²) in [5, 5.41) is 0. The molecule has 1 amide bonds. The van der Waals surface area contributed by atoms with Crippen LogP contribution in [0, 0.1) is 5.82 Å². The van der Waals surface area contributed by atoms with Gasteiger partial charge in [-0.1, -0.05) is 24.3 Å². The van der Waals surface area contributed by atoms with E-state index in [2.05, 4.69) is 0 Å². The molecule has 0 aromatic heterocycles. The lowest BCUT2D eigenvalue weighted by molar-refractivity contribution is -0.135. The molecule has 0 N–H and O–H groups in total.